The molecule has 0 amide bonds. The van der Waals surface area contributed by atoms with Crippen LogP contribution in [0.3, 0.4) is 0 Å². The highest BCUT2D eigenvalue weighted by molar-refractivity contribution is 5.04. The zero-order valence-corrected chi connectivity index (χ0v) is 13.1. The molecule has 0 aromatic heterocycles. The second kappa shape index (κ2) is 7.24. The van der Waals surface area contributed by atoms with E-state index in [1.807, 2.05) is 6.92 Å². The SMILES string of the molecule is CC(C)CC(C)(C#N)/N=N/C[C@](C)(C#N)CC(C)C. The molecule has 0 saturated carbocycles. The van der Waals surface area contributed by atoms with E-state index < -0.39 is 11.0 Å². The van der Waals surface area contributed by atoms with Crippen LogP contribution in [-0.2, 0) is 0 Å². The van der Waals surface area contributed by atoms with Crippen LogP contribution < -0.4 is 0 Å². The van der Waals surface area contributed by atoms with Crippen LogP contribution >= 0.6 is 0 Å². The summed E-state index contributed by atoms with van der Waals surface area (Å²) in [6, 6.07) is 4.53. The lowest BCUT2D eigenvalue weighted by molar-refractivity contribution is 0.341. The highest BCUT2D eigenvalue weighted by Gasteiger charge is 2.27. The summed E-state index contributed by atoms with van der Waals surface area (Å²) in [6.07, 6.45) is 1.47. The number of rotatable bonds is 7. The minimum absolute atomic E-state index is 0.358. The van der Waals surface area contributed by atoms with Gasteiger partial charge in [-0.05, 0) is 38.5 Å². The first-order valence-corrected chi connectivity index (χ1v) is 6.87. The second-order valence-electron chi connectivity index (χ2n) is 6.65. The van der Waals surface area contributed by atoms with Crippen molar-refractivity contribution < 1.29 is 0 Å². The van der Waals surface area contributed by atoms with E-state index in [1.54, 1.807) is 6.92 Å². The van der Waals surface area contributed by atoms with Gasteiger partial charge in [0.2, 0.25) is 0 Å². The van der Waals surface area contributed by atoms with Gasteiger partial charge in [-0.1, -0.05) is 27.7 Å². The van der Waals surface area contributed by atoms with E-state index in [0.717, 1.165) is 6.42 Å². The van der Waals surface area contributed by atoms with Gasteiger partial charge in [0.05, 0.1) is 24.1 Å². The molecule has 4 heteroatoms. The van der Waals surface area contributed by atoms with Gasteiger partial charge < -0.3 is 0 Å². The normalized spacial score (nSPS) is 18.0. The Labute approximate surface area is 117 Å². The molecule has 0 saturated heterocycles. The summed E-state index contributed by atoms with van der Waals surface area (Å²) >= 11 is 0. The molecule has 4 nitrogen and oxygen atoms in total. The first kappa shape index (κ1) is 17.6. The van der Waals surface area contributed by atoms with Gasteiger partial charge in [-0.15, -0.1) is 0 Å². The van der Waals surface area contributed by atoms with Crippen molar-refractivity contribution in [2.45, 2.75) is 59.9 Å². The molecule has 0 aliphatic rings. The highest BCUT2D eigenvalue weighted by Crippen LogP contribution is 2.27. The summed E-state index contributed by atoms with van der Waals surface area (Å²) < 4.78 is 0. The minimum atomic E-state index is -0.775. The van der Waals surface area contributed by atoms with Gasteiger partial charge in [0.15, 0.2) is 5.54 Å². The zero-order valence-electron chi connectivity index (χ0n) is 13.1. The molecule has 19 heavy (non-hydrogen) atoms. The standard InChI is InChI=1S/C15H26N4/c1-12(2)7-14(5,9-16)11-18-19-15(6,10-17)8-13(3)4/h12-13H,7-8,11H2,1-6H3/b19-18+/t14-,15?/m0/s1. The molecule has 0 N–H and O–H groups in total. The van der Waals surface area contributed by atoms with Crippen LogP contribution in [0, 0.1) is 39.9 Å². The molecule has 0 aromatic carbocycles. The third-order valence-electron chi connectivity index (χ3n) is 2.89. The van der Waals surface area contributed by atoms with Crippen molar-refractivity contribution in [3.63, 3.8) is 0 Å². The topological polar surface area (TPSA) is 72.3 Å². The molecule has 1 unspecified atom stereocenters. The maximum atomic E-state index is 9.25. The number of hydrogen-bond donors (Lipinski definition) is 0. The third kappa shape index (κ3) is 6.91. The average Bonchev–Trinajstić information content (AvgIpc) is 2.27. The van der Waals surface area contributed by atoms with Gasteiger partial charge in [0.1, 0.15) is 0 Å². The molecule has 0 fully saturated rings. The van der Waals surface area contributed by atoms with Gasteiger partial charge in [-0.2, -0.15) is 20.8 Å². The molecular weight excluding hydrogens is 236 g/mol. The van der Waals surface area contributed by atoms with Gasteiger partial charge in [-0.25, -0.2) is 0 Å². The Balaban J connectivity index is 4.72. The van der Waals surface area contributed by atoms with Crippen molar-refractivity contribution in [2.24, 2.45) is 27.5 Å². The van der Waals surface area contributed by atoms with E-state index in [2.05, 4.69) is 50.1 Å². The summed E-state index contributed by atoms with van der Waals surface area (Å²) in [7, 11) is 0. The fourth-order valence-electron chi connectivity index (χ4n) is 2.30. The Kier molecular flexibility index (Phi) is 6.70. The number of azo groups is 1. The zero-order chi connectivity index (χ0) is 15.1. The Bertz CT molecular complexity index is 386. The molecule has 0 radical (unpaired) electrons. The number of nitriles is 2. The Morgan fingerprint density at radius 2 is 1.47 bits per heavy atom. The molecule has 0 spiro atoms. The predicted molar refractivity (Wildman–Crippen MR) is 76.4 cm³/mol. The van der Waals surface area contributed by atoms with Crippen molar-refractivity contribution in [1.82, 2.24) is 0 Å². The van der Waals surface area contributed by atoms with E-state index in [1.165, 1.54) is 0 Å². The minimum Gasteiger partial charge on any atom is -0.198 e. The summed E-state index contributed by atoms with van der Waals surface area (Å²) in [5, 5.41) is 26.8. The van der Waals surface area contributed by atoms with Crippen molar-refractivity contribution in [2.75, 3.05) is 6.54 Å². The first-order chi connectivity index (χ1) is 8.66. The number of nitrogens with zero attached hydrogens (tertiary/aromatic N) is 4. The molecule has 0 heterocycles. The molecule has 0 bridgehead atoms. The van der Waals surface area contributed by atoms with Crippen molar-refractivity contribution in [1.29, 1.82) is 10.5 Å². The first-order valence-electron chi connectivity index (χ1n) is 6.87. The van der Waals surface area contributed by atoms with Crippen LogP contribution in [0.4, 0.5) is 0 Å². The fourth-order valence-corrected chi connectivity index (χ4v) is 2.30. The average molecular weight is 262 g/mol. The molecule has 0 aliphatic carbocycles. The van der Waals surface area contributed by atoms with Gasteiger partial charge in [-0.3, -0.25) is 0 Å². The van der Waals surface area contributed by atoms with Crippen LogP contribution in [0.15, 0.2) is 10.2 Å². The Morgan fingerprint density at radius 3 is 1.84 bits per heavy atom. The molecule has 0 rings (SSSR count). The second-order valence-corrected chi connectivity index (χ2v) is 6.65. The lowest BCUT2D eigenvalue weighted by Crippen LogP contribution is -2.23. The molecular formula is C15H26N4. The quantitative estimate of drug-likeness (QED) is 0.640. The number of hydrogen-bond acceptors (Lipinski definition) is 4. The molecule has 0 aliphatic heterocycles. The summed E-state index contributed by atoms with van der Waals surface area (Å²) in [6.45, 7) is 12.3. The molecule has 106 valence electrons. The maximum absolute atomic E-state index is 9.25. The van der Waals surface area contributed by atoms with Crippen LogP contribution in [-0.4, -0.2) is 12.1 Å². The van der Waals surface area contributed by atoms with Gasteiger partial charge >= 0.3 is 0 Å². The van der Waals surface area contributed by atoms with E-state index in [9.17, 15) is 10.5 Å². The lowest BCUT2D eigenvalue weighted by Gasteiger charge is -2.22. The summed E-state index contributed by atoms with van der Waals surface area (Å²) in [5.41, 5.74) is -1.27. The van der Waals surface area contributed by atoms with Crippen LogP contribution in [0.2, 0.25) is 0 Å². The van der Waals surface area contributed by atoms with Crippen molar-refractivity contribution in [3.8, 4) is 12.1 Å². The van der Waals surface area contributed by atoms with Gasteiger partial charge in [0, 0.05) is 0 Å². The maximum Gasteiger partial charge on any atom is 0.164 e. The summed E-state index contributed by atoms with van der Waals surface area (Å²) in [5.74, 6) is 0.833. The summed E-state index contributed by atoms with van der Waals surface area (Å²) in [4.78, 5) is 0. The van der Waals surface area contributed by atoms with E-state index in [0.29, 0.717) is 24.8 Å². The fraction of sp³-hybridized carbons (Fsp3) is 0.867. The Hall–Kier alpha value is -1.42. The van der Waals surface area contributed by atoms with E-state index >= 15 is 0 Å². The van der Waals surface area contributed by atoms with Crippen LogP contribution in [0.5, 0.6) is 0 Å². The largest absolute Gasteiger partial charge is 0.198 e. The predicted octanol–water partition coefficient (Wildman–Crippen LogP) is 4.34. The van der Waals surface area contributed by atoms with E-state index in [-0.39, 0.29) is 0 Å². The third-order valence-corrected chi connectivity index (χ3v) is 2.89. The highest BCUT2D eigenvalue weighted by atomic mass is 15.1. The Morgan fingerprint density at radius 1 is 0.947 bits per heavy atom. The monoisotopic (exact) mass is 262 g/mol. The van der Waals surface area contributed by atoms with Crippen LogP contribution in [0.25, 0.3) is 0 Å². The smallest absolute Gasteiger partial charge is 0.164 e. The van der Waals surface area contributed by atoms with E-state index in [4.69, 9.17) is 0 Å². The van der Waals surface area contributed by atoms with Crippen LogP contribution in [0.1, 0.15) is 54.4 Å². The lowest BCUT2D eigenvalue weighted by atomic mass is 9.83. The van der Waals surface area contributed by atoms with Crippen molar-refractivity contribution >= 4 is 0 Å². The molecule has 0 aromatic rings. The molecule has 2 atom stereocenters. The van der Waals surface area contributed by atoms with Gasteiger partial charge in [0.25, 0.3) is 0 Å². The van der Waals surface area contributed by atoms with Crippen molar-refractivity contribution in [3.05, 3.63) is 0 Å².